The summed E-state index contributed by atoms with van der Waals surface area (Å²) in [6.45, 7) is 1.89. The van der Waals surface area contributed by atoms with Gasteiger partial charge in [-0.3, -0.25) is 4.79 Å². The molecule has 120 valence electrons. The van der Waals surface area contributed by atoms with Crippen LogP contribution in [-0.2, 0) is 14.6 Å². The first-order valence-electron chi connectivity index (χ1n) is 6.99. The van der Waals surface area contributed by atoms with Crippen LogP contribution in [0.4, 0.5) is 5.00 Å². The standard InChI is InChI=1S/C16H16N2O3S2/c1-12-4-6-14(7-5-12)23(20,21)10-2-3-15(19)18-16-13(11-17)8-9-22-16/h4-9H,2-3,10H2,1H3,(H,18,19). The van der Waals surface area contributed by atoms with Gasteiger partial charge in [-0.1, -0.05) is 17.7 Å². The fourth-order valence-electron chi connectivity index (χ4n) is 1.97. The third-order valence-electron chi connectivity index (χ3n) is 3.24. The molecule has 0 aliphatic heterocycles. The average molecular weight is 348 g/mol. The summed E-state index contributed by atoms with van der Waals surface area (Å²) in [7, 11) is -3.38. The Hall–Kier alpha value is -2.17. The lowest BCUT2D eigenvalue weighted by Crippen LogP contribution is -2.14. The fourth-order valence-corrected chi connectivity index (χ4v) is 4.03. The van der Waals surface area contributed by atoms with E-state index < -0.39 is 9.84 Å². The van der Waals surface area contributed by atoms with Gasteiger partial charge in [0, 0.05) is 6.42 Å². The largest absolute Gasteiger partial charge is 0.317 e. The molecule has 2 aromatic rings. The van der Waals surface area contributed by atoms with Crippen molar-refractivity contribution in [1.29, 1.82) is 5.26 Å². The molecule has 0 unspecified atom stereocenters. The van der Waals surface area contributed by atoms with Crippen LogP contribution in [0.5, 0.6) is 0 Å². The second-order valence-corrected chi connectivity index (χ2v) is 8.08. The Kier molecular flexibility index (Phi) is 5.53. The van der Waals surface area contributed by atoms with E-state index in [0.29, 0.717) is 10.6 Å². The number of sulfone groups is 1. The summed E-state index contributed by atoms with van der Waals surface area (Å²) in [5.74, 6) is -0.373. The van der Waals surface area contributed by atoms with E-state index in [-0.39, 0.29) is 29.4 Å². The number of carbonyl (C=O) groups excluding carboxylic acids is 1. The fraction of sp³-hybridized carbons (Fsp3) is 0.250. The minimum absolute atomic E-state index is 0.0843. The Morgan fingerprint density at radius 2 is 1.96 bits per heavy atom. The summed E-state index contributed by atoms with van der Waals surface area (Å²) in [5.41, 5.74) is 1.41. The van der Waals surface area contributed by atoms with Crippen LogP contribution < -0.4 is 5.32 Å². The molecule has 1 amide bonds. The van der Waals surface area contributed by atoms with Crippen molar-refractivity contribution in [3.05, 3.63) is 46.8 Å². The molecule has 1 heterocycles. The van der Waals surface area contributed by atoms with E-state index in [4.69, 9.17) is 5.26 Å². The summed E-state index contributed by atoms with van der Waals surface area (Å²) in [5, 5.41) is 13.7. The molecule has 1 aromatic carbocycles. The molecular weight excluding hydrogens is 332 g/mol. The average Bonchev–Trinajstić information content (AvgIpc) is 2.94. The molecule has 0 aliphatic carbocycles. The van der Waals surface area contributed by atoms with E-state index in [2.05, 4.69) is 5.32 Å². The summed E-state index contributed by atoms with van der Waals surface area (Å²) in [6, 6.07) is 10.3. The van der Waals surface area contributed by atoms with Crippen LogP contribution in [0.15, 0.2) is 40.6 Å². The highest BCUT2D eigenvalue weighted by molar-refractivity contribution is 7.91. The molecule has 1 aromatic heterocycles. The van der Waals surface area contributed by atoms with Crippen molar-refractivity contribution < 1.29 is 13.2 Å². The van der Waals surface area contributed by atoms with Crippen LogP contribution in [-0.4, -0.2) is 20.1 Å². The van der Waals surface area contributed by atoms with E-state index >= 15 is 0 Å². The van der Waals surface area contributed by atoms with Crippen LogP contribution in [0.2, 0.25) is 0 Å². The maximum atomic E-state index is 12.2. The summed E-state index contributed by atoms with van der Waals surface area (Å²) >= 11 is 1.27. The smallest absolute Gasteiger partial charge is 0.225 e. The second-order valence-electron chi connectivity index (χ2n) is 5.06. The summed E-state index contributed by atoms with van der Waals surface area (Å²) in [4.78, 5) is 12.1. The van der Waals surface area contributed by atoms with Crippen molar-refractivity contribution in [1.82, 2.24) is 0 Å². The van der Waals surface area contributed by atoms with Crippen molar-refractivity contribution in [2.45, 2.75) is 24.7 Å². The van der Waals surface area contributed by atoms with Crippen molar-refractivity contribution >= 4 is 32.1 Å². The Balaban J connectivity index is 1.88. The predicted molar refractivity (Wildman–Crippen MR) is 90.1 cm³/mol. The number of carbonyl (C=O) groups is 1. The number of rotatable bonds is 6. The van der Waals surface area contributed by atoms with Crippen LogP contribution in [0.1, 0.15) is 24.0 Å². The maximum absolute atomic E-state index is 12.2. The van der Waals surface area contributed by atoms with Gasteiger partial charge in [0.15, 0.2) is 9.84 Å². The quantitative estimate of drug-likeness (QED) is 0.869. The first kappa shape index (κ1) is 17.2. The Morgan fingerprint density at radius 1 is 1.26 bits per heavy atom. The van der Waals surface area contributed by atoms with Crippen molar-refractivity contribution in [2.75, 3.05) is 11.1 Å². The van der Waals surface area contributed by atoms with Gasteiger partial charge in [0.2, 0.25) is 5.91 Å². The molecule has 0 aliphatic rings. The van der Waals surface area contributed by atoms with Gasteiger partial charge in [0.1, 0.15) is 11.1 Å². The van der Waals surface area contributed by atoms with Crippen molar-refractivity contribution in [3.8, 4) is 6.07 Å². The van der Waals surface area contributed by atoms with Crippen LogP contribution in [0, 0.1) is 18.3 Å². The van der Waals surface area contributed by atoms with Gasteiger partial charge in [-0.05, 0) is 36.9 Å². The number of benzene rings is 1. The molecule has 5 nitrogen and oxygen atoms in total. The first-order chi connectivity index (χ1) is 10.9. The van der Waals surface area contributed by atoms with Gasteiger partial charge >= 0.3 is 0 Å². The molecule has 2 rings (SSSR count). The lowest BCUT2D eigenvalue weighted by atomic mass is 10.2. The minimum Gasteiger partial charge on any atom is -0.317 e. The number of amides is 1. The van der Waals surface area contributed by atoms with Crippen molar-refractivity contribution in [2.24, 2.45) is 0 Å². The number of hydrogen-bond donors (Lipinski definition) is 1. The molecule has 1 N–H and O–H groups in total. The number of nitrogens with one attached hydrogen (secondary N) is 1. The lowest BCUT2D eigenvalue weighted by Gasteiger charge is -2.06. The normalized spacial score (nSPS) is 11.0. The number of nitrogens with zero attached hydrogens (tertiary/aromatic N) is 1. The monoisotopic (exact) mass is 348 g/mol. The number of anilines is 1. The Labute approximate surface area is 139 Å². The Bertz CT molecular complexity index is 831. The molecular formula is C16H16N2O3S2. The van der Waals surface area contributed by atoms with Gasteiger partial charge in [-0.15, -0.1) is 11.3 Å². The number of hydrogen-bond acceptors (Lipinski definition) is 5. The maximum Gasteiger partial charge on any atom is 0.225 e. The minimum atomic E-state index is -3.38. The number of aryl methyl sites for hydroxylation is 1. The summed E-state index contributed by atoms with van der Waals surface area (Å²) < 4.78 is 24.3. The van der Waals surface area contributed by atoms with E-state index in [1.807, 2.05) is 13.0 Å². The van der Waals surface area contributed by atoms with E-state index in [1.54, 1.807) is 35.7 Å². The molecule has 0 spiro atoms. The SMILES string of the molecule is Cc1ccc(S(=O)(=O)CCCC(=O)Nc2sccc2C#N)cc1. The highest BCUT2D eigenvalue weighted by Crippen LogP contribution is 2.22. The predicted octanol–water partition coefficient (Wildman–Crippen LogP) is 3.12. The molecule has 0 radical (unpaired) electrons. The zero-order valence-corrected chi connectivity index (χ0v) is 14.2. The number of nitriles is 1. The zero-order chi connectivity index (χ0) is 16.9. The van der Waals surface area contributed by atoms with Gasteiger partial charge in [-0.25, -0.2) is 8.42 Å². The molecule has 0 fully saturated rings. The molecule has 7 heteroatoms. The van der Waals surface area contributed by atoms with E-state index in [9.17, 15) is 13.2 Å². The van der Waals surface area contributed by atoms with E-state index in [1.165, 1.54) is 11.3 Å². The highest BCUT2D eigenvalue weighted by Gasteiger charge is 2.15. The van der Waals surface area contributed by atoms with Crippen molar-refractivity contribution in [3.63, 3.8) is 0 Å². The molecule has 23 heavy (non-hydrogen) atoms. The third kappa shape index (κ3) is 4.65. The molecule has 0 saturated heterocycles. The molecule has 0 saturated carbocycles. The van der Waals surface area contributed by atoms with Gasteiger partial charge in [0.25, 0.3) is 0 Å². The second kappa shape index (κ2) is 7.40. The van der Waals surface area contributed by atoms with Gasteiger partial charge in [0.05, 0.1) is 16.2 Å². The van der Waals surface area contributed by atoms with E-state index in [0.717, 1.165) is 5.56 Å². The molecule has 0 atom stereocenters. The molecule has 0 bridgehead atoms. The first-order valence-corrected chi connectivity index (χ1v) is 9.52. The zero-order valence-electron chi connectivity index (χ0n) is 12.6. The number of thiophene rings is 1. The topological polar surface area (TPSA) is 87.0 Å². The lowest BCUT2D eigenvalue weighted by molar-refractivity contribution is -0.116. The Morgan fingerprint density at radius 3 is 2.61 bits per heavy atom. The van der Waals surface area contributed by atoms with Crippen LogP contribution in [0.3, 0.4) is 0 Å². The van der Waals surface area contributed by atoms with Crippen LogP contribution >= 0.6 is 11.3 Å². The summed E-state index contributed by atoms with van der Waals surface area (Å²) in [6.07, 6.45) is 0.323. The van der Waals surface area contributed by atoms with Crippen LogP contribution in [0.25, 0.3) is 0 Å². The van der Waals surface area contributed by atoms with Gasteiger partial charge in [-0.2, -0.15) is 5.26 Å². The highest BCUT2D eigenvalue weighted by atomic mass is 32.2. The third-order valence-corrected chi connectivity index (χ3v) is 5.88. The van der Waals surface area contributed by atoms with Gasteiger partial charge < -0.3 is 5.32 Å².